The average Bonchev–Trinajstić information content (AvgIpc) is 2.59. The van der Waals surface area contributed by atoms with Crippen LogP contribution in [0.25, 0.3) is 0 Å². The predicted molar refractivity (Wildman–Crippen MR) is 76.2 cm³/mol. The van der Waals surface area contributed by atoms with Gasteiger partial charge in [-0.15, -0.1) is 0 Å². The quantitative estimate of drug-likeness (QED) is 0.721. The lowest BCUT2D eigenvalue weighted by molar-refractivity contribution is 0.121. The molecular formula is C15H32N2. The highest BCUT2D eigenvalue weighted by atomic mass is 15.2. The Labute approximate surface area is 108 Å². The highest BCUT2D eigenvalue weighted by Gasteiger charge is 2.27. The fourth-order valence-corrected chi connectivity index (χ4v) is 3.34. The molecule has 0 aromatic rings. The van der Waals surface area contributed by atoms with Crippen LogP contribution in [-0.2, 0) is 0 Å². The van der Waals surface area contributed by atoms with Gasteiger partial charge in [0.15, 0.2) is 0 Å². The van der Waals surface area contributed by atoms with Gasteiger partial charge in [0.1, 0.15) is 0 Å². The largest absolute Gasteiger partial charge is 0.329 e. The van der Waals surface area contributed by atoms with E-state index in [-0.39, 0.29) is 0 Å². The molecule has 2 nitrogen and oxygen atoms in total. The molecule has 0 aliphatic heterocycles. The molecule has 0 radical (unpaired) electrons. The molecule has 2 heteroatoms. The van der Waals surface area contributed by atoms with E-state index in [0.29, 0.717) is 12.1 Å². The van der Waals surface area contributed by atoms with Crippen molar-refractivity contribution in [2.75, 3.05) is 13.6 Å². The van der Waals surface area contributed by atoms with Crippen molar-refractivity contribution in [3.05, 3.63) is 0 Å². The van der Waals surface area contributed by atoms with E-state index in [1.807, 2.05) is 0 Å². The second-order valence-corrected chi connectivity index (χ2v) is 5.86. The van der Waals surface area contributed by atoms with Gasteiger partial charge in [-0.2, -0.15) is 0 Å². The van der Waals surface area contributed by atoms with Crippen LogP contribution in [0.3, 0.4) is 0 Å². The van der Waals surface area contributed by atoms with Crippen LogP contribution in [0.1, 0.15) is 65.2 Å². The third kappa shape index (κ3) is 4.59. The molecule has 0 bridgehead atoms. The Bertz CT molecular complexity index is 185. The number of nitrogens with two attached hydrogens (primary N) is 1. The standard InChI is InChI=1S/C15H32N2/c1-4-9-13(2)17(3)15(12-16)14-10-7-5-6-8-11-14/h13-15H,4-12,16H2,1-3H3. The highest BCUT2D eigenvalue weighted by Crippen LogP contribution is 2.28. The van der Waals surface area contributed by atoms with Crippen LogP contribution in [0.4, 0.5) is 0 Å². The first-order chi connectivity index (χ1) is 8.20. The summed E-state index contributed by atoms with van der Waals surface area (Å²) < 4.78 is 0. The molecule has 0 aromatic heterocycles. The number of likely N-dealkylation sites (N-methyl/N-ethyl adjacent to an activating group) is 1. The van der Waals surface area contributed by atoms with Gasteiger partial charge in [0.25, 0.3) is 0 Å². The zero-order valence-electron chi connectivity index (χ0n) is 12.1. The fourth-order valence-electron chi connectivity index (χ4n) is 3.34. The summed E-state index contributed by atoms with van der Waals surface area (Å²) in [5.74, 6) is 0.840. The molecule has 17 heavy (non-hydrogen) atoms. The van der Waals surface area contributed by atoms with E-state index in [9.17, 15) is 0 Å². The molecule has 1 aliphatic rings. The molecule has 2 atom stereocenters. The summed E-state index contributed by atoms with van der Waals surface area (Å²) in [6.45, 7) is 5.45. The van der Waals surface area contributed by atoms with Gasteiger partial charge in [-0.1, -0.05) is 39.0 Å². The van der Waals surface area contributed by atoms with Crippen molar-refractivity contribution in [1.82, 2.24) is 4.90 Å². The normalized spacial score (nSPS) is 22.4. The van der Waals surface area contributed by atoms with Crippen LogP contribution in [0.15, 0.2) is 0 Å². The minimum absolute atomic E-state index is 0.606. The molecule has 1 saturated carbocycles. The lowest BCUT2D eigenvalue weighted by atomic mass is 9.90. The van der Waals surface area contributed by atoms with Gasteiger partial charge in [0, 0.05) is 18.6 Å². The summed E-state index contributed by atoms with van der Waals surface area (Å²) in [6, 6.07) is 1.28. The molecule has 0 aromatic carbocycles. The second-order valence-electron chi connectivity index (χ2n) is 5.86. The molecule has 0 heterocycles. The highest BCUT2D eigenvalue weighted by molar-refractivity contribution is 4.82. The molecule has 102 valence electrons. The van der Waals surface area contributed by atoms with E-state index in [1.54, 1.807) is 0 Å². The van der Waals surface area contributed by atoms with Crippen LogP contribution in [-0.4, -0.2) is 30.6 Å². The third-order valence-corrected chi connectivity index (χ3v) is 4.61. The van der Waals surface area contributed by atoms with E-state index in [4.69, 9.17) is 5.73 Å². The summed E-state index contributed by atoms with van der Waals surface area (Å²) >= 11 is 0. The summed E-state index contributed by atoms with van der Waals surface area (Å²) in [4.78, 5) is 2.56. The van der Waals surface area contributed by atoms with Crippen molar-refractivity contribution in [2.45, 2.75) is 77.3 Å². The topological polar surface area (TPSA) is 29.3 Å². The Balaban J connectivity index is 2.54. The summed E-state index contributed by atoms with van der Waals surface area (Å²) in [7, 11) is 2.28. The van der Waals surface area contributed by atoms with Gasteiger partial charge in [-0.3, -0.25) is 4.90 Å². The number of hydrogen-bond acceptors (Lipinski definition) is 2. The Morgan fingerprint density at radius 2 is 1.76 bits per heavy atom. The summed E-state index contributed by atoms with van der Waals surface area (Å²) in [5, 5.41) is 0. The van der Waals surface area contributed by atoms with Crippen molar-refractivity contribution in [3.8, 4) is 0 Å². The first-order valence-electron chi connectivity index (χ1n) is 7.62. The minimum Gasteiger partial charge on any atom is -0.329 e. The molecule has 1 aliphatic carbocycles. The van der Waals surface area contributed by atoms with Crippen molar-refractivity contribution in [3.63, 3.8) is 0 Å². The van der Waals surface area contributed by atoms with Crippen LogP contribution in [0, 0.1) is 5.92 Å². The summed E-state index contributed by atoms with van der Waals surface area (Å²) in [5.41, 5.74) is 6.05. The van der Waals surface area contributed by atoms with E-state index in [0.717, 1.165) is 12.5 Å². The molecule has 2 unspecified atom stereocenters. The van der Waals surface area contributed by atoms with Crippen molar-refractivity contribution < 1.29 is 0 Å². The number of hydrogen-bond donors (Lipinski definition) is 1. The SMILES string of the molecule is CCCC(C)N(C)C(CN)C1CCCCCC1. The molecule has 0 saturated heterocycles. The lowest BCUT2D eigenvalue weighted by Gasteiger charge is -2.37. The average molecular weight is 240 g/mol. The smallest absolute Gasteiger partial charge is 0.0246 e. The number of nitrogens with zero attached hydrogens (tertiary/aromatic N) is 1. The van der Waals surface area contributed by atoms with Crippen LogP contribution in [0.2, 0.25) is 0 Å². The van der Waals surface area contributed by atoms with Gasteiger partial charge in [-0.25, -0.2) is 0 Å². The van der Waals surface area contributed by atoms with E-state index in [1.165, 1.54) is 51.4 Å². The summed E-state index contributed by atoms with van der Waals surface area (Å²) in [6.07, 6.45) is 11.0. The maximum absolute atomic E-state index is 6.05. The van der Waals surface area contributed by atoms with E-state index < -0.39 is 0 Å². The van der Waals surface area contributed by atoms with Gasteiger partial charge < -0.3 is 5.73 Å². The first kappa shape index (κ1) is 15.0. The van der Waals surface area contributed by atoms with Gasteiger partial charge in [-0.05, 0) is 39.2 Å². The van der Waals surface area contributed by atoms with E-state index in [2.05, 4.69) is 25.8 Å². The zero-order valence-corrected chi connectivity index (χ0v) is 12.1. The Morgan fingerprint density at radius 3 is 2.24 bits per heavy atom. The predicted octanol–water partition coefficient (Wildman–Crippen LogP) is 3.40. The Morgan fingerprint density at radius 1 is 1.18 bits per heavy atom. The van der Waals surface area contributed by atoms with Crippen LogP contribution in [0.5, 0.6) is 0 Å². The van der Waals surface area contributed by atoms with Crippen molar-refractivity contribution in [1.29, 1.82) is 0 Å². The maximum atomic E-state index is 6.05. The molecule has 0 amide bonds. The molecule has 1 fully saturated rings. The second kappa shape index (κ2) is 8.10. The van der Waals surface area contributed by atoms with Crippen molar-refractivity contribution in [2.24, 2.45) is 11.7 Å². The van der Waals surface area contributed by atoms with Crippen molar-refractivity contribution >= 4 is 0 Å². The van der Waals surface area contributed by atoms with E-state index >= 15 is 0 Å². The number of rotatable bonds is 6. The maximum Gasteiger partial charge on any atom is 0.0246 e. The molecule has 2 N–H and O–H groups in total. The van der Waals surface area contributed by atoms with Crippen LogP contribution < -0.4 is 5.73 Å². The Kier molecular flexibility index (Phi) is 7.14. The molecule has 0 spiro atoms. The monoisotopic (exact) mass is 240 g/mol. The Hall–Kier alpha value is -0.0800. The fraction of sp³-hybridized carbons (Fsp3) is 1.00. The van der Waals surface area contributed by atoms with Gasteiger partial charge >= 0.3 is 0 Å². The first-order valence-corrected chi connectivity index (χ1v) is 7.62. The zero-order chi connectivity index (χ0) is 12.7. The molecule has 1 rings (SSSR count). The molecular weight excluding hydrogens is 208 g/mol. The minimum atomic E-state index is 0.606. The lowest BCUT2D eigenvalue weighted by Crippen LogP contribution is -2.47. The van der Waals surface area contributed by atoms with Gasteiger partial charge in [0.05, 0.1) is 0 Å². The third-order valence-electron chi connectivity index (χ3n) is 4.61. The van der Waals surface area contributed by atoms with Gasteiger partial charge in [0.2, 0.25) is 0 Å². The van der Waals surface area contributed by atoms with Crippen LogP contribution >= 0.6 is 0 Å².